The second-order valence-electron chi connectivity index (χ2n) is 9.28. The summed E-state index contributed by atoms with van der Waals surface area (Å²) < 4.78 is 66.3. The Morgan fingerprint density at radius 2 is 1.97 bits per heavy atom. The standard InChI is InChI=1S/C23H27F5N6O/c1-13(2)30-21-29-8-15-5-6-34(11-19(15)31-21)22(35)32-20-10-33(12-23(26,27)28)9-16(20)14-3-4-17(24)18(25)7-14/h3-4,7-8,13,16,20H,5-6,9-12H2,1-2H3,(H,32,35)(H,29,30,31)/t16-,20+/m0/s1. The zero-order valence-electron chi connectivity index (χ0n) is 19.4. The monoisotopic (exact) mass is 498 g/mol. The molecule has 1 aromatic heterocycles. The van der Waals surface area contributed by atoms with Crippen molar-refractivity contribution < 1.29 is 26.7 Å². The zero-order chi connectivity index (χ0) is 25.3. The summed E-state index contributed by atoms with van der Waals surface area (Å²) in [6.07, 6.45) is -2.15. The summed E-state index contributed by atoms with van der Waals surface area (Å²) in [5.41, 5.74) is 1.96. The number of alkyl halides is 3. The molecule has 35 heavy (non-hydrogen) atoms. The first kappa shape index (κ1) is 25.1. The predicted molar refractivity (Wildman–Crippen MR) is 119 cm³/mol. The fourth-order valence-corrected chi connectivity index (χ4v) is 4.55. The molecule has 2 N–H and O–H groups in total. The second kappa shape index (κ2) is 9.92. The minimum atomic E-state index is -4.42. The normalized spacial score (nSPS) is 20.7. The summed E-state index contributed by atoms with van der Waals surface area (Å²) in [6.45, 7) is 3.27. The minimum absolute atomic E-state index is 0.0458. The molecule has 3 heterocycles. The molecule has 2 aliphatic rings. The Morgan fingerprint density at radius 3 is 2.66 bits per heavy atom. The van der Waals surface area contributed by atoms with E-state index in [0.717, 1.165) is 17.7 Å². The molecule has 7 nitrogen and oxygen atoms in total. The van der Waals surface area contributed by atoms with E-state index >= 15 is 0 Å². The zero-order valence-corrected chi connectivity index (χ0v) is 19.4. The van der Waals surface area contributed by atoms with Gasteiger partial charge in [0, 0.05) is 37.8 Å². The van der Waals surface area contributed by atoms with Gasteiger partial charge in [0.25, 0.3) is 0 Å². The maximum atomic E-state index is 13.9. The van der Waals surface area contributed by atoms with Gasteiger partial charge in [-0.3, -0.25) is 4.90 Å². The highest BCUT2D eigenvalue weighted by atomic mass is 19.4. The summed E-state index contributed by atoms with van der Waals surface area (Å²) in [4.78, 5) is 24.6. The molecule has 0 bridgehead atoms. The van der Waals surface area contributed by atoms with Crippen LogP contribution in [0.15, 0.2) is 24.4 Å². The van der Waals surface area contributed by atoms with Crippen molar-refractivity contribution in [1.29, 1.82) is 0 Å². The van der Waals surface area contributed by atoms with Crippen molar-refractivity contribution in [3.05, 3.63) is 52.9 Å². The molecule has 0 unspecified atom stereocenters. The average Bonchev–Trinajstić information content (AvgIpc) is 3.14. The van der Waals surface area contributed by atoms with Gasteiger partial charge in [0.1, 0.15) is 0 Å². The summed E-state index contributed by atoms with van der Waals surface area (Å²) in [6, 6.07) is 2.24. The number of nitrogens with zero attached hydrogens (tertiary/aromatic N) is 4. The molecule has 2 atom stereocenters. The van der Waals surface area contributed by atoms with Crippen LogP contribution in [0.4, 0.5) is 32.7 Å². The van der Waals surface area contributed by atoms with Gasteiger partial charge in [0.15, 0.2) is 11.6 Å². The van der Waals surface area contributed by atoms with Gasteiger partial charge in [-0.25, -0.2) is 23.5 Å². The number of likely N-dealkylation sites (tertiary alicyclic amines) is 1. The van der Waals surface area contributed by atoms with E-state index in [0.29, 0.717) is 30.2 Å². The van der Waals surface area contributed by atoms with E-state index in [4.69, 9.17) is 0 Å². The Morgan fingerprint density at radius 1 is 1.20 bits per heavy atom. The number of carbonyl (C=O) groups excluding carboxylic acids is 1. The second-order valence-corrected chi connectivity index (χ2v) is 9.28. The summed E-state index contributed by atoms with van der Waals surface area (Å²) in [7, 11) is 0. The van der Waals surface area contributed by atoms with Gasteiger partial charge in [-0.15, -0.1) is 0 Å². The van der Waals surface area contributed by atoms with E-state index < -0.39 is 42.3 Å². The van der Waals surface area contributed by atoms with Crippen LogP contribution < -0.4 is 10.6 Å². The largest absolute Gasteiger partial charge is 0.401 e. The molecule has 1 saturated heterocycles. The van der Waals surface area contributed by atoms with Crippen molar-refractivity contribution >= 4 is 12.0 Å². The Hall–Kier alpha value is -3.02. The fourth-order valence-electron chi connectivity index (χ4n) is 4.55. The number of halogens is 5. The molecule has 0 aliphatic carbocycles. The number of fused-ring (bicyclic) bond motifs is 1. The van der Waals surface area contributed by atoms with E-state index in [-0.39, 0.29) is 25.7 Å². The van der Waals surface area contributed by atoms with Crippen LogP contribution in [0.3, 0.4) is 0 Å². The van der Waals surface area contributed by atoms with Gasteiger partial charge < -0.3 is 15.5 Å². The molecule has 1 fully saturated rings. The number of hydrogen-bond acceptors (Lipinski definition) is 5. The number of hydrogen-bond donors (Lipinski definition) is 2. The first-order valence-electron chi connectivity index (χ1n) is 11.4. The molecular weight excluding hydrogens is 471 g/mol. The lowest BCUT2D eigenvalue weighted by atomic mass is 9.94. The number of anilines is 1. The van der Waals surface area contributed by atoms with Crippen molar-refractivity contribution in [2.45, 2.75) is 51.0 Å². The van der Waals surface area contributed by atoms with Gasteiger partial charge in [-0.05, 0) is 43.5 Å². The van der Waals surface area contributed by atoms with E-state index in [1.54, 1.807) is 11.1 Å². The third-order valence-corrected chi connectivity index (χ3v) is 6.13. The first-order valence-corrected chi connectivity index (χ1v) is 11.4. The molecule has 12 heteroatoms. The lowest BCUT2D eigenvalue weighted by molar-refractivity contribution is -0.143. The molecule has 0 radical (unpaired) electrons. The summed E-state index contributed by atoms with van der Waals surface area (Å²) in [5.74, 6) is -2.30. The van der Waals surface area contributed by atoms with Crippen molar-refractivity contribution in [1.82, 2.24) is 25.1 Å². The molecular formula is C23H27F5N6O. The lowest BCUT2D eigenvalue weighted by Gasteiger charge is -2.30. The van der Waals surface area contributed by atoms with Crippen LogP contribution in [0.1, 0.15) is 36.6 Å². The number of benzene rings is 1. The Kier molecular flexibility index (Phi) is 7.11. The van der Waals surface area contributed by atoms with Crippen LogP contribution in [-0.4, -0.2) is 70.2 Å². The van der Waals surface area contributed by atoms with Crippen LogP contribution in [0.25, 0.3) is 0 Å². The molecule has 2 aliphatic heterocycles. The van der Waals surface area contributed by atoms with Crippen LogP contribution in [0.5, 0.6) is 0 Å². The number of urea groups is 1. The molecule has 0 spiro atoms. The fraction of sp³-hybridized carbons (Fsp3) is 0.522. The van der Waals surface area contributed by atoms with Crippen LogP contribution in [-0.2, 0) is 13.0 Å². The quantitative estimate of drug-likeness (QED) is 0.616. The predicted octanol–water partition coefficient (Wildman–Crippen LogP) is 3.67. The van der Waals surface area contributed by atoms with Crippen molar-refractivity contribution in [3.8, 4) is 0 Å². The number of rotatable bonds is 5. The topological polar surface area (TPSA) is 73.4 Å². The van der Waals surface area contributed by atoms with Crippen LogP contribution >= 0.6 is 0 Å². The van der Waals surface area contributed by atoms with Gasteiger partial charge in [0.05, 0.1) is 24.8 Å². The first-order chi connectivity index (χ1) is 16.5. The molecule has 2 amide bonds. The smallest absolute Gasteiger partial charge is 0.352 e. The van der Waals surface area contributed by atoms with Gasteiger partial charge >= 0.3 is 12.2 Å². The number of nitrogens with one attached hydrogen (secondary N) is 2. The Bertz CT molecular complexity index is 1080. The molecule has 2 aromatic rings. The maximum absolute atomic E-state index is 13.9. The molecule has 4 rings (SSSR count). The third kappa shape index (κ3) is 6.16. The van der Waals surface area contributed by atoms with Crippen molar-refractivity contribution in [3.63, 3.8) is 0 Å². The van der Waals surface area contributed by atoms with Crippen LogP contribution in [0.2, 0.25) is 0 Å². The Labute approximate surface area is 199 Å². The molecule has 1 aromatic carbocycles. The highest BCUT2D eigenvalue weighted by Crippen LogP contribution is 2.31. The van der Waals surface area contributed by atoms with E-state index in [9.17, 15) is 26.7 Å². The van der Waals surface area contributed by atoms with Crippen molar-refractivity contribution in [2.24, 2.45) is 0 Å². The third-order valence-electron chi connectivity index (χ3n) is 6.13. The lowest BCUT2D eigenvalue weighted by Crippen LogP contribution is -2.49. The minimum Gasteiger partial charge on any atom is -0.352 e. The highest BCUT2D eigenvalue weighted by Gasteiger charge is 2.41. The Balaban J connectivity index is 1.49. The maximum Gasteiger partial charge on any atom is 0.401 e. The summed E-state index contributed by atoms with van der Waals surface area (Å²) >= 11 is 0. The molecule has 0 saturated carbocycles. The van der Waals surface area contributed by atoms with Gasteiger partial charge in [-0.1, -0.05) is 6.07 Å². The SMILES string of the molecule is CC(C)Nc1ncc2c(n1)CN(C(=O)N[C@@H]1CN(CC(F)(F)F)C[C@H]1c1ccc(F)c(F)c1)CC2. The highest BCUT2D eigenvalue weighted by molar-refractivity contribution is 5.75. The van der Waals surface area contributed by atoms with Crippen molar-refractivity contribution in [2.75, 3.05) is 31.5 Å². The van der Waals surface area contributed by atoms with E-state index in [1.807, 2.05) is 13.8 Å². The number of aromatic nitrogens is 2. The van der Waals surface area contributed by atoms with Crippen LogP contribution in [0, 0.1) is 11.6 Å². The molecule has 190 valence electrons. The van der Waals surface area contributed by atoms with E-state index in [1.165, 1.54) is 11.0 Å². The number of amides is 2. The summed E-state index contributed by atoms with van der Waals surface area (Å²) in [5, 5.41) is 5.94. The van der Waals surface area contributed by atoms with Gasteiger partial charge in [-0.2, -0.15) is 13.2 Å². The van der Waals surface area contributed by atoms with Gasteiger partial charge in [0.2, 0.25) is 5.95 Å². The average molecular weight is 499 g/mol. The van der Waals surface area contributed by atoms with E-state index in [2.05, 4.69) is 20.6 Å². The number of carbonyl (C=O) groups is 1.